The maximum absolute atomic E-state index is 12.1. The summed E-state index contributed by atoms with van der Waals surface area (Å²) in [5, 5.41) is 0. The lowest BCUT2D eigenvalue weighted by atomic mass is 10.1. The summed E-state index contributed by atoms with van der Waals surface area (Å²) in [6.07, 6.45) is 0.623. The van der Waals surface area contributed by atoms with Crippen molar-refractivity contribution in [2.24, 2.45) is 5.73 Å². The van der Waals surface area contributed by atoms with Crippen LogP contribution in [0.1, 0.15) is 25.8 Å². The van der Waals surface area contributed by atoms with Crippen molar-refractivity contribution in [2.45, 2.75) is 32.9 Å². The van der Waals surface area contributed by atoms with Crippen LogP contribution < -0.4 is 5.73 Å². The molecule has 0 bridgehead atoms. The van der Waals surface area contributed by atoms with E-state index in [1.165, 1.54) is 0 Å². The fourth-order valence-electron chi connectivity index (χ4n) is 1.59. The van der Waals surface area contributed by atoms with Gasteiger partial charge >= 0.3 is 7.82 Å². The quantitative estimate of drug-likeness (QED) is 0.558. The number of nitrogens with two attached hydrogens (primary N) is 1. The molecule has 0 aliphatic heterocycles. The zero-order valence-corrected chi connectivity index (χ0v) is 12.3. The molecule has 6 heteroatoms. The summed E-state index contributed by atoms with van der Waals surface area (Å²) in [5.41, 5.74) is 6.97. The molecule has 0 aliphatic carbocycles. The molecule has 0 aliphatic rings. The highest BCUT2D eigenvalue weighted by molar-refractivity contribution is 7.48. The summed E-state index contributed by atoms with van der Waals surface area (Å²) < 4.78 is 27.4. The van der Waals surface area contributed by atoms with Crippen molar-refractivity contribution in [3.63, 3.8) is 0 Å². The lowest BCUT2D eigenvalue weighted by Gasteiger charge is -2.20. The van der Waals surface area contributed by atoms with Crippen molar-refractivity contribution < 1.29 is 18.1 Å². The first-order valence-electron chi connectivity index (χ1n) is 6.46. The number of phosphoric ester groups is 1. The van der Waals surface area contributed by atoms with E-state index in [0.717, 1.165) is 12.0 Å². The van der Waals surface area contributed by atoms with E-state index in [1.54, 1.807) is 13.8 Å². The highest BCUT2D eigenvalue weighted by Crippen LogP contribution is 2.50. The van der Waals surface area contributed by atoms with E-state index in [2.05, 4.69) is 0 Å². The van der Waals surface area contributed by atoms with E-state index >= 15 is 0 Å². The lowest BCUT2D eigenvalue weighted by Crippen LogP contribution is -2.24. The van der Waals surface area contributed by atoms with Crippen LogP contribution in [0.5, 0.6) is 0 Å². The van der Waals surface area contributed by atoms with E-state index < -0.39 is 14.1 Å². The smallest absolute Gasteiger partial charge is 0.306 e. The maximum atomic E-state index is 12.1. The first-order valence-corrected chi connectivity index (χ1v) is 7.92. The van der Waals surface area contributed by atoms with Gasteiger partial charge in [0.25, 0.3) is 0 Å². The molecule has 1 atom stereocenters. The van der Waals surface area contributed by atoms with Gasteiger partial charge in [-0.15, -0.1) is 0 Å². The molecule has 0 saturated heterocycles. The third kappa shape index (κ3) is 6.32. The van der Waals surface area contributed by atoms with Gasteiger partial charge in [0.2, 0.25) is 0 Å². The third-order valence-electron chi connectivity index (χ3n) is 2.40. The fourth-order valence-corrected chi connectivity index (χ4v) is 2.85. The molecule has 1 unspecified atom stereocenters. The molecule has 0 heterocycles. The van der Waals surface area contributed by atoms with Gasteiger partial charge in [-0.25, -0.2) is 4.57 Å². The summed E-state index contributed by atoms with van der Waals surface area (Å²) >= 11 is 0. The first-order chi connectivity index (χ1) is 9.09. The Morgan fingerprint density at radius 2 is 1.74 bits per heavy atom. The Morgan fingerprint density at radius 1 is 1.16 bits per heavy atom. The van der Waals surface area contributed by atoms with Gasteiger partial charge < -0.3 is 5.73 Å². The molecule has 0 spiro atoms. The van der Waals surface area contributed by atoms with E-state index in [4.69, 9.17) is 19.3 Å². The van der Waals surface area contributed by atoms with Crippen molar-refractivity contribution in [3.8, 4) is 0 Å². The molecule has 0 radical (unpaired) electrons. The Kier molecular flexibility index (Phi) is 7.28. The normalized spacial score (nSPS) is 13.4. The average Bonchev–Trinajstić information content (AvgIpc) is 2.38. The molecule has 0 fully saturated rings. The van der Waals surface area contributed by atoms with Crippen LogP contribution >= 0.6 is 7.82 Å². The van der Waals surface area contributed by atoms with E-state index in [1.807, 2.05) is 30.3 Å². The minimum Gasteiger partial charge on any atom is -0.306 e. The standard InChI is InChI=1S/C13H22NO4P/c1-3-16-19(15,17-4-2)18-13(14)11-10-12-8-6-5-7-9-12/h5-9,13H,3-4,10-11,14H2,1-2H3. The number of hydrogen-bond acceptors (Lipinski definition) is 5. The van der Waals surface area contributed by atoms with E-state index in [-0.39, 0.29) is 13.2 Å². The van der Waals surface area contributed by atoms with Gasteiger partial charge in [-0.1, -0.05) is 30.3 Å². The molecule has 2 N–H and O–H groups in total. The minimum absolute atomic E-state index is 0.253. The predicted octanol–water partition coefficient (Wildman–Crippen LogP) is 3.10. The Bertz CT molecular complexity index is 389. The van der Waals surface area contributed by atoms with Crippen molar-refractivity contribution in [1.82, 2.24) is 0 Å². The third-order valence-corrected chi connectivity index (χ3v) is 4.08. The van der Waals surface area contributed by atoms with Crippen LogP contribution in [-0.2, 0) is 24.6 Å². The molecule has 0 aromatic heterocycles. The molecule has 19 heavy (non-hydrogen) atoms. The number of rotatable bonds is 9. The zero-order chi connectivity index (χ0) is 14.1. The van der Waals surface area contributed by atoms with Crippen LogP contribution in [0.4, 0.5) is 0 Å². The molecule has 1 aromatic carbocycles. The Balaban J connectivity index is 2.44. The summed E-state index contributed by atoms with van der Waals surface area (Å²) in [4.78, 5) is 0. The van der Waals surface area contributed by atoms with Gasteiger partial charge in [-0.2, -0.15) is 0 Å². The van der Waals surface area contributed by atoms with Crippen molar-refractivity contribution in [2.75, 3.05) is 13.2 Å². The Morgan fingerprint density at radius 3 is 2.26 bits per heavy atom. The largest absolute Gasteiger partial charge is 0.476 e. The minimum atomic E-state index is -3.52. The van der Waals surface area contributed by atoms with Gasteiger partial charge in [0.05, 0.1) is 13.2 Å². The van der Waals surface area contributed by atoms with E-state index in [9.17, 15) is 4.57 Å². The Hall–Kier alpha value is -0.710. The molecule has 108 valence electrons. The lowest BCUT2D eigenvalue weighted by molar-refractivity contribution is 0.0827. The second kappa shape index (κ2) is 8.46. The molecule has 1 rings (SSSR count). The second-order valence-corrected chi connectivity index (χ2v) is 5.57. The molecule has 5 nitrogen and oxygen atoms in total. The summed E-state index contributed by atoms with van der Waals surface area (Å²) in [5.74, 6) is 0. The molecule has 0 amide bonds. The summed E-state index contributed by atoms with van der Waals surface area (Å²) in [6, 6.07) is 9.91. The molecular formula is C13H22NO4P. The highest BCUT2D eigenvalue weighted by Gasteiger charge is 2.28. The van der Waals surface area contributed by atoms with Crippen molar-refractivity contribution >= 4 is 7.82 Å². The Labute approximate surface area is 114 Å². The summed E-state index contributed by atoms with van der Waals surface area (Å²) in [6.45, 7) is 3.96. The number of phosphoric acid groups is 1. The van der Waals surface area contributed by atoms with Gasteiger partial charge in [0, 0.05) is 0 Å². The monoisotopic (exact) mass is 287 g/mol. The van der Waals surface area contributed by atoms with Crippen molar-refractivity contribution in [1.29, 1.82) is 0 Å². The molecule has 1 aromatic rings. The first kappa shape index (κ1) is 16.3. The van der Waals surface area contributed by atoms with Gasteiger partial charge in [-0.3, -0.25) is 13.6 Å². The van der Waals surface area contributed by atoms with Gasteiger partial charge in [-0.05, 0) is 32.3 Å². The predicted molar refractivity (Wildman–Crippen MR) is 74.7 cm³/mol. The average molecular weight is 287 g/mol. The molecule has 0 saturated carbocycles. The number of aryl methyl sites for hydroxylation is 1. The van der Waals surface area contributed by atoms with E-state index in [0.29, 0.717) is 6.42 Å². The van der Waals surface area contributed by atoms with Crippen molar-refractivity contribution in [3.05, 3.63) is 35.9 Å². The van der Waals surface area contributed by atoms with Crippen LogP contribution in [0, 0.1) is 0 Å². The zero-order valence-electron chi connectivity index (χ0n) is 11.5. The van der Waals surface area contributed by atoms with Crippen LogP contribution in [0.25, 0.3) is 0 Å². The van der Waals surface area contributed by atoms with Gasteiger partial charge in [0.1, 0.15) is 6.23 Å². The number of benzene rings is 1. The number of hydrogen-bond donors (Lipinski definition) is 1. The SMILES string of the molecule is CCOP(=O)(OCC)OC(N)CCc1ccccc1. The summed E-state index contributed by atoms with van der Waals surface area (Å²) in [7, 11) is -3.52. The maximum Gasteiger partial charge on any atom is 0.476 e. The molecular weight excluding hydrogens is 265 g/mol. The van der Waals surface area contributed by atoms with Crippen LogP contribution in [0.3, 0.4) is 0 Å². The topological polar surface area (TPSA) is 70.8 Å². The van der Waals surface area contributed by atoms with Gasteiger partial charge in [0.15, 0.2) is 0 Å². The van der Waals surface area contributed by atoms with Crippen LogP contribution in [-0.4, -0.2) is 19.4 Å². The second-order valence-electron chi connectivity index (χ2n) is 3.95. The fraction of sp³-hybridized carbons (Fsp3) is 0.538. The van der Waals surface area contributed by atoms with Crippen LogP contribution in [0.2, 0.25) is 0 Å². The highest BCUT2D eigenvalue weighted by atomic mass is 31.2. The van der Waals surface area contributed by atoms with Crippen LogP contribution in [0.15, 0.2) is 30.3 Å².